The largest absolute Gasteiger partial charge is 0.497 e. The summed E-state index contributed by atoms with van der Waals surface area (Å²) in [4.78, 5) is 17.2. The number of methoxy groups -OCH3 is 2. The van der Waals surface area contributed by atoms with E-state index in [1.54, 1.807) is 14.2 Å². The molecule has 0 aromatic heterocycles. The van der Waals surface area contributed by atoms with E-state index in [1.165, 1.54) is 6.42 Å². The Labute approximate surface area is 155 Å². The van der Waals surface area contributed by atoms with E-state index < -0.39 is 0 Å². The number of halogens is 1. The first-order valence-electron chi connectivity index (χ1n) is 8.62. The second-order valence-corrected chi connectivity index (χ2v) is 6.49. The fraction of sp³-hybridized carbons (Fsp3) is 0.611. The molecule has 2 heterocycles. The number of nitrogens with zero attached hydrogens (tertiary/aromatic N) is 2. The van der Waals surface area contributed by atoms with Crippen LogP contribution in [-0.2, 0) is 4.79 Å². The van der Waals surface area contributed by atoms with Gasteiger partial charge in [0.1, 0.15) is 11.5 Å². The zero-order chi connectivity index (χ0) is 17.1. The summed E-state index contributed by atoms with van der Waals surface area (Å²) in [5.41, 5.74) is 0.848. The van der Waals surface area contributed by atoms with Crippen LogP contribution in [0.25, 0.3) is 0 Å². The number of amides is 1. The maximum absolute atomic E-state index is 13.0. The topological polar surface area (TPSA) is 54.0 Å². The summed E-state index contributed by atoms with van der Waals surface area (Å²) in [5.74, 6) is 1.59. The number of hydrogen-bond donors (Lipinski definition) is 1. The van der Waals surface area contributed by atoms with Crippen molar-refractivity contribution in [3.05, 3.63) is 18.2 Å². The molecule has 1 amide bonds. The van der Waals surface area contributed by atoms with Crippen LogP contribution in [0.4, 0.5) is 5.69 Å². The monoisotopic (exact) mass is 369 g/mol. The number of piperidine rings is 1. The number of likely N-dealkylation sites (tertiary alicyclic amines) is 1. The van der Waals surface area contributed by atoms with Crippen LogP contribution in [0.1, 0.15) is 19.3 Å². The quantitative estimate of drug-likeness (QED) is 0.859. The van der Waals surface area contributed by atoms with Crippen molar-refractivity contribution in [2.75, 3.05) is 45.8 Å². The predicted molar refractivity (Wildman–Crippen MR) is 101 cm³/mol. The van der Waals surface area contributed by atoms with Crippen molar-refractivity contribution in [3.63, 3.8) is 0 Å². The number of rotatable bonds is 5. The number of anilines is 1. The van der Waals surface area contributed by atoms with Crippen molar-refractivity contribution in [2.24, 2.45) is 0 Å². The molecule has 3 rings (SSSR count). The number of likely N-dealkylation sites (N-methyl/N-ethyl adjacent to an activating group) is 1. The molecule has 2 aliphatic rings. The normalized spacial score (nSPS) is 24.1. The molecule has 1 aromatic rings. The van der Waals surface area contributed by atoms with Crippen LogP contribution >= 0.6 is 12.4 Å². The Hall–Kier alpha value is -1.50. The van der Waals surface area contributed by atoms with Gasteiger partial charge < -0.3 is 19.7 Å². The first kappa shape index (κ1) is 19.8. The molecule has 2 aliphatic heterocycles. The van der Waals surface area contributed by atoms with Crippen molar-refractivity contribution in [1.29, 1.82) is 0 Å². The molecule has 140 valence electrons. The fourth-order valence-corrected chi connectivity index (χ4v) is 3.73. The first-order chi connectivity index (χ1) is 11.7. The minimum Gasteiger partial charge on any atom is -0.497 e. The van der Waals surface area contributed by atoms with Crippen LogP contribution in [0, 0.1) is 0 Å². The maximum Gasteiger partial charge on any atom is 0.244 e. The zero-order valence-corrected chi connectivity index (χ0v) is 16.0. The van der Waals surface area contributed by atoms with Crippen LogP contribution in [0.5, 0.6) is 11.5 Å². The highest BCUT2D eigenvalue weighted by Gasteiger charge is 2.38. The Balaban J connectivity index is 0.00000225. The SMILES string of the molecule is CNC1CCCN(C2CCN(c3cc(OC)cc(OC)c3)C2=O)C1.Cl. The summed E-state index contributed by atoms with van der Waals surface area (Å²) in [6.45, 7) is 2.69. The minimum absolute atomic E-state index is 0. The third kappa shape index (κ3) is 4.19. The molecule has 1 aromatic carbocycles. The van der Waals surface area contributed by atoms with E-state index in [-0.39, 0.29) is 24.4 Å². The van der Waals surface area contributed by atoms with E-state index >= 15 is 0 Å². The summed E-state index contributed by atoms with van der Waals surface area (Å²) < 4.78 is 10.7. The lowest BCUT2D eigenvalue weighted by Crippen LogP contribution is -2.51. The Morgan fingerprint density at radius 2 is 1.76 bits per heavy atom. The van der Waals surface area contributed by atoms with Crippen LogP contribution in [-0.4, -0.2) is 63.8 Å². The Kier molecular flexibility index (Phi) is 6.93. The highest BCUT2D eigenvalue weighted by atomic mass is 35.5. The number of carbonyl (C=O) groups excluding carboxylic acids is 1. The van der Waals surface area contributed by atoms with Crippen molar-refractivity contribution < 1.29 is 14.3 Å². The van der Waals surface area contributed by atoms with Crippen LogP contribution in [0.2, 0.25) is 0 Å². The van der Waals surface area contributed by atoms with Crippen molar-refractivity contribution in [2.45, 2.75) is 31.3 Å². The highest BCUT2D eigenvalue weighted by Crippen LogP contribution is 2.32. The van der Waals surface area contributed by atoms with Crippen LogP contribution in [0.15, 0.2) is 18.2 Å². The van der Waals surface area contributed by atoms with E-state index in [1.807, 2.05) is 30.1 Å². The van der Waals surface area contributed by atoms with Gasteiger partial charge in [-0.2, -0.15) is 0 Å². The van der Waals surface area contributed by atoms with Gasteiger partial charge in [0.05, 0.1) is 25.9 Å². The number of ether oxygens (including phenoxy) is 2. The van der Waals surface area contributed by atoms with E-state index in [0.29, 0.717) is 17.5 Å². The Morgan fingerprint density at radius 1 is 1.08 bits per heavy atom. The fourth-order valence-electron chi connectivity index (χ4n) is 3.73. The lowest BCUT2D eigenvalue weighted by molar-refractivity contribution is -0.122. The second-order valence-electron chi connectivity index (χ2n) is 6.49. The Bertz CT molecular complexity index is 577. The molecule has 25 heavy (non-hydrogen) atoms. The lowest BCUT2D eigenvalue weighted by atomic mass is 10.0. The molecule has 0 saturated carbocycles. The van der Waals surface area contributed by atoms with E-state index in [0.717, 1.165) is 38.2 Å². The molecule has 0 bridgehead atoms. The third-order valence-corrected chi connectivity index (χ3v) is 5.13. The van der Waals surface area contributed by atoms with Gasteiger partial charge in [-0.25, -0.2) is 0 Å². The molecule has 2 atom stereocenters. The molecule has 6 nitrogen and oxygen atoms in total. The number of nitrogens with one attached hydrogen (secondary N) is 1. The third-order valence-electron chi connectivity index (χ3n) is 5.13. The van der Waals surface area contributed by atoms with Gasteiger partial charge in [-0.3, -0.25) is 9.69 Å². The predicted octanol–water partition coefficient (Wildman–Crippen LogP) is 1.91. The lowest BCUT2D eigenvalue weighted by Gasteiger charge is -2.35. The van der Waals surface area contributed by atoms with Crippen molar-refractivity contribution >= 4 is 24.0 Å². The number of carbonyl (C=O) groups is 1. The van der Waals surface area contributed by atoms with Crippen LogP contribution < -0.4 is 19.7 Å². The number of hydrogen-bond acceptors (Lipinski definition) is 5. The summed E-state index contributed by atoms with van der Waals surface area (Å²) in [7, 11) is 5.25. The van der Waals surface area contributed by atoms with E-state index in [2.05, 4.69) is 10.2 Å². The number of benzene rings is 1. The molecule has 0 aliphatic carbocycles. The standard InChI is InChI=1S/C18H27N3O3.ClH/c1-19-13-5-4-7-20(12-13)17-6-8-21(18(17)22)14-9-15(23-2)11-16(10-14)24-3;/h9-11,13,17,19H,4-8,12H2,1-3H3;1H. The molecule has 0 radical (unpaired) electrons. The summed E-state index contributed by atoms with van der Waals surface area (Å²) in [6.07, 6.45) is 3.20. The van der Waals surface area contributed by atoms with Crippen molar-refractivity contribution in [3.8, 4) is 11.5 Å². The zero-order valence-electron chi connectivity index (χ0n) is 15.2. The van der Waals surface area contributed by atoms with Gasteiger partial charge in [-0.15, -0.1) is 12.4 Å². The van der Waals surface area contributed by atoms with Gasteiger partial charge in [0.2, 0.25) is 5.91 Å². The highest BCUT2D eigenvalue weighted by molar-refractivity contribution is 5.99. The van der Waals surface area contributed by atoms with E-state index in [4.69, 9.17) is 9.47 Å². The summed E-state index contributed by atoms with van der Waals surface area (Å²) in [5, 5.41) is 3.35. The Morgan fingerprint density at radius 3 is 2.36 bits per heavy atom. The molecular formula is C18H28ClN3O3. The molecule has 7 heteroatoms. The average molecular weight is 370 g/mol. The van der Waals surface area contributed by atoms with Crippen molar-refractivity contribution in [1.82, 2.24) is 10.2 Å². The molecule has 2 unspecified atom stereocenters. The van der Waals surface area contributed by atoms with Gasteiger partial charge in [0, 0.05) is 37.3 Å². The van der Waals surface area contributed by atoms with Gasteiger partial charge in [-0.05, 0) is 32.9 Å². The molecule has 2 fully saturated rings. The van der Waals surface area contributed by atoms with Gasteiger partial charge in [0.25, 0.3) is 0 Å². The second kappa shape index (κ2) is 8.74. The average Bonchev–Trinajstić information content (AvgIpc) is 3.02. The van der Waals surface area contributed by atoms with Gasteiger partial charge in [0.15, 0.2) is 0 Å². The molecule has 2 saturated heterocycles. The van der Waals surface area contributed by atoms with E-state index in [9.17, 15) is 4.79 Å². The first-order valence-corrected chi connectivity index (χ1v) is 8.62. The maximum atomic E-state index is 13.0. The van der Waals surface area contributed by atoms with Gasteiger partial charge >= 0.3 is 0 Å². The molecule has 0 spiro atoms. The smallest absolute Gasteiger partial charge is 0.244 e. The molecular weight excluding hydrogens is 342 g/mol. The van der Waals surface area contributed by atoms with Crippen LogP contribution in [0.3, 0.4) is 0 Å². The minimum atomic E-state index is -0.0154. The summed E-state index contributed by atoms with van der Waals surface area (Å²) in [6, 6.07) is 6.09. The molecule has 1 N–H and O–H groups in total. The summed E-state index contributed by atoms with van der Waals surface area (Å²) >= 11 is 0. The van der Waals surface area contributed by atoms with Gasteiger partial charge in [-0.1, -0.05) is 0 Å².